The van der Waals surface area contributed by atoms with Crippen molar-refractivity contribution in [1.82, 2.24) is 9.97 Å². The molecule has 1 aliphatic heterocycles. The maximum Gasteiger partial charge on any atom is 0.274 e. The zero-order chi connectivity index (χ0) is 18.9. The van der Waals surface area contributed by atoms with E-state index in [1.54, 1.807) is 6.07 Å². The third-order valence-electron chi connectivity index (χ3n) is 4.83. The van der Waals surface area contributed by atoms with Gasteiger partial charge in [0.05, 0.1) is 0 Å². The van der Waals surface area contributed by atoms with E-state index >= 15 is 0 Å². The molecule has 1 saturated heterocycles. The molecule has 1 amide bonds. The van der Waals surface area contributed by atoms with Crippen LogP contribution in [0.3, 0.4) is 0 Å². The fraction of sp³-hybridized carbons (Fsp3) is 0.476. The third-order valence-corrected chi connectivity index (χ3v) is 4.83. The summed E-state index contributed by atoms with van der Waals surface area (Å²) in [6, 6.07) is 9.74. The summed E-state index contributed by atoms with van der Waals surface area (Å²) in [5.41, 5.74) is 2.35. The molecule has 0 spiro atoms. The van der Waals surface area contributed by atoms with Gasteiger partial charge in [0.2, 0.25) is 0 Å². The highest BCUT2D eigenvalue weighted by Gasteiger charge is 2.12. The number of piperidine rings is 1. The molecule has 0 radical (unpaired) electrons. The van der Waals surface area contributed by atoms with Crippen molar-refractivity contribution in [2.24, 2.45) is 0 Å². The Bertz CT molecular complexity index is 726. The second-order valence-corrected chi connectivity index (χ2v) is 6.97. The first-order valence-electron chi connectivity index (χ1n) is 9.98. The number of carbonyl (C=O) groups is 1. The molecule has 2 aromatic rings. The summed E-state index contributed by atoms with van der Waals surface area (Å²) < 4.78 is 0. The molecule has 6 heteroatoms. The van der Waals surface area contributed by atoms with E-state index in [4.69, 9.17) is 0 Å². The largest absolute Gasteiger partial charge is 0.372 e. The SMILES string of the molecule is CCCCCNc1cc(C(=O)Nc2ccc(N3CCCCC3)cc2)ncn1. The molecule has 2 heterocycles. The molecule has 2 N–H and O–H groups in total. The lowest BCUT2D eigenvalue weighted by atomic mass is 10.1. The van der Waals surface area contributed by atoms with E-state index < -0.39 is 0 Å². The lowest BCUT2D eigenvalue weighted by molar-refractivity contribution is 0.102. The quantitative estimate of drug-likeness (QED) is 0.680. The van der Waals surface area contributed by atoms with Crippen molar-refractivity contribution in [3.63, 3.8) is 0 Å². The molecule has 1 aliphatic rings. The van der Waals surface area contributed by atoms with Gasteiger partial charge in [0.1, 0.15) is 17.8 Å². The maximum absolute atomic E-state index is 12.5. The Morgan fingerprint density at radius 3 is 2.59 bits per heavy atom. The minimum atomic E-state index is -0.222. The Labute approximate surface area is 161 Å². The van der Waals surface area contributed by atoms with Crippen molar-refractivity contribution in [2.45, 2.75) is 45.4 Å². The summed E-state index contributed by atoms with van der Waals surface area (Å²) in [5, 5.41) is 6.16. The molecule has 0 saturated carbocycles. The lowest BCUT2D eigenvalue weighted by Crippen LogP contribution is -2.29. The Morgan fingerprint density at radius 2 is 1.85 bits per heavy atom. The molecule has 1 fully saturated rings. The van der Waals surface area contributed by atoms with Crippen molar-refractivity contribution < 1.29 is 4.79 Å². The highest BCUT2D eigenvalue weighted by atomic mass is 16.1. The van der Waals surface area contributed by atoms with E-state index in [9.17, 15) is 4.79 Å². The summed E-state index contributed by atoms with van der Waals surface area (Å²) >= 11 is 0. The van der Waals surface area contributed by atoms with Gasteiger partial charge in [-0.2, -0.15) is 0 Å². The van der Waals surface area contributed by atoms with Gasteiger partial charge in [0.15, 0.2) is 0 Å². The number of rotatable bonds is 8. The van der Waals surface area contributed by atoms with Gasteiger partial charge in [-0.25, -0.2) is 9.97 Å². The summed E-state index contributed by atoms with van der Waals surface area (Å²) in [6.45, 7) is 5.25. The number of aromatic nitrogens is 2. The summed E-state index contributed by atoms with van der Waals surface area (Å²) in [4.78, 5) is 23.2. The highest BCUT2D eigenvalue weighted by molar-refractivity contribution is 6.03. The molecule has 1 aromatic heterocycles. The van der Waals surface area contributed by atoms with Gasteiger partial charge in [0.25, 0.3) is 5.91 Å². The van der Waals surface area contributed by atoms with Gasteiger partial charge >= 0.3 is 0 Å². The van der Waals surface area contributed by atoms with Crippen molar-refractivity contribution >= 4 is 23.1 Å². The molecule has 0 atom stereocenters. The highest BCUT2D eigenvalue weighted by Crippen LogP contribution is 2.22. The Hall–Kier alpha value is -2.63. The van der Waals surface area contributed by atoms with Crippen LogP contribution in [0.15, 0.2) is 36.7 Å². The second-order valence-electron chi connectivity index (χ2n) is 6.97. The van der Waals surface area contributed by atoms with E-state index in [0.717, 1.165) is 31.7 Å². The third kappa shape index (κ3) is 5.67. The van der Waals surface area contributed by atoms with Crippen LogP contribution in [0.2, 0.25) is 0 Å². The topological polar surface area (TPSA) is 70.2 Å². The van der Waals surface area contributed by atoms with Gasteiger partial charge in [-0.05, 0) is 49.9 Å². The average molecular weight is 367 g/mol. The molecule has 3 rings (SSSR count). The zero-order valence-corrected chi connectivity index (χ0v) is 16.1. The number of hydrogen-bond donors (Lipinski definition) is 2. The number of benzene rings is 1. The van der Waals surface area contributed by atoms with Gasteiger partial charge in [-0.15, -0.1) is 0 Å². The van der Waals surface area contributed by atoms with Crippen LogP contribution in [0.25, 0.3) is 0 Å². The predicted molar refractivity (Wildman–Crippen MR) is 111 cm³/mol. The molecule has 0 aliphatic carbocycles. The van der Waals surface area contributed by atoms with Crippen LogP contribution in [0.4, 0.5) is 17.2 Å². The van der Waals surface area contributed by atoms with E-state index in [-0.39, 0.29) is 5.91 Å². The minimum Gasteiger partial charge on any atom is -0.372 e. The van der Waals surface area contributed by atoms with Crippen LogP contribution in [0.1, 0.15) is 55.9 Å². The molecular formula is C21H29N5O. The van der Waals surface area contributed by atoms with Crippen LogP contribution in [0, 0.1) is 0 Å². The molecule has 6 nitrogen and oxygen atoms in total. The number of carbonyl (C=O) groups excluding carboxylic acids is 1. The van der Waals surface area contributed by atoms with Gasteiger partial charge < -0.3 is 15.5 Å². The number of amides is 1. The Morgan fingerprint density at radius 1 is 1.07 bits per heavy atom. The van der Waals surface area contributed by atoms with E-state index in [1.807, 2.05) is 12.1 Å². The minimum absolute atomic E-state index is 0.222. The fourth-order valence-corrected chi connectivity index (χ4v) is 3.27. The van der Waals surface area contributed by atoms with Crippen LogP contribution < -0.4 is 15.5 Å². The van der Waals surface area contributed by atoms with Crippen molar-refractivity contribution in [3.8, 4) is 0 Å². The van der Waals surface area contributed by atoms with Crippen LogP contribution in [-0.2, 0) is 0 Å². The van der Waals surface area contributed by atoms with E-state index in [2.05, 4.69) is 44.6 Å². The summed E-state index contributed by atoms with van der Waals surface area (Å²) in [6.07, 6.45) is 8.69. The standard InChI is InChI=1S/C21H29N5O/c1-2-3-5-12-22-20-15-19(23-16-24-20)21(27)25-17-8-10-18(11-9-17)26-13-6-4-7-14-26/h8-11,15-16H,2-7,12-14H2,1H3,(H,25,27)(H,22,23,24). The molecule has 0 bridgehead atoms. The molecular weight excluding hydrogens is 338 g/mol. The number of hydrogen-bond acceptors (Lipinski definition) is 5. The zero-order valence-electron chi connectivity index (χ0n) is 16.1. The second kappa shape index (κ2) is 9.90. The average Bonchev–Trinajstić information content (AvgIpc) is 2.73. The maximum atomic E-state index is 12.5. The fourth-order valence-electron chi connectivity index (χ4n) is 3.27. The number of anilines is 3. The molecule has 1 aromatic carbocycles. The van der Waals surface area contributed by atoms with E-state index in [0.29, 0.717) is 11.5 Å². The smallest absolute Gasteiger partial charge is 0.274 e. The predicted octanol–water partition coefficient (Wildman–Crippen LogP) is 4.32. The summed E-state index contributed by atoms with van der Waals surface area (Å²) in [5.74, 6) is 0.464. The molecule has 144 valence electrons. The lowest BCUT2D eigenvalue weighted by Gasteiger charge is -2.28. The monoisotopic (exact) mass is 367 g/mol. The van der Waals surface area contributed by atoms with Gasteiger partial charge in [0, 0.05) is 37.1 Å². The Kier molecular flexibility index (Phi) is 7.02. The first-order valence-corrected chi connectivity index (χ1v) is 9.98. The van der Waals surface area contributed by atoms with Crippen molar-refractivity contribution in [1.29, 1.82) is 0 Å². The van der Waals surface area contributed by atoms with Gasteiger partial charge in [-0.3, -0.25) is 4.79 Å². The van der Waals surface area contributed by atoms with Crippen molar-refractivity contribution in [2.75, 3.05) is 35.2 Å². The summed E-state index contributed by atoms with van der Waals surface area (Å²) in [7, 11) is 0. The van der Waals surface area contributed by atoms with E-state index in [1.165, 1.54) is 44.1 Å². The van der Waals surface area contributed by atoms with Gasteiger partial charge in [-0.1, -0.05) is 19.8 Å². The first-order chi connectivity index (χ1) is 13.3. The van der Waals surface area contributed by atoms with Crippen LogP contribution >= 0.6 is 0 Å². The number of unbranched alkanes of at least 4 members (excludes halogenated alkanes) is 2. The van der Waals surface area contributed by atoms with Crippen LogP contribution in [-0.4, -0.2) is 35.5 Å². The first kappa shape index (κ1) is 19.1. The number of nitrogens with one attached hydrogen (secondary N) is 2. The van der Waals surface area contributed by atoms with Crippen LogP contribution in [0.5, 0.6) is 0 Å². The molecule has 0 unspecified atom stereocenters. The normalized spacial score (nSPS) is 14.0. The van der Waals surface area contributed by atoms with Crippen molar-refractivity contribution in [3.05, 3.63) is 42.4 Å². The number of nitrogens with zero attached hydrogens (tertiary/aromatic N) is 3. The molecule has 27 heavy (non-hydrogen) atoms. The Balaban J connectivity index is 1.56.